The van der Waals surface area contributed by atoms with Crippen molar-refractivity contribution in [1.29, 1.82) is 0 Å². The van der Waals surface area contributed by atoms with E-state index < -0.39 is 6.04 Å². The summed E-state index contributed by atoms with van der Waals surface area (Å²) in [5.41, 5.74) is 7.77. The Hall–Kier alpha value is -2.50. The van der Waals surface area contributed by atoms with Gasteiger partial charge in [-0.25, -0.2) is 4.79 Å². The number of rotatable bonds is 2. The van der Waals surface area contributed by atoms with Gasteiger partial charge in [-0.15, -0.1) is 0 Å². The Morgan fingerprint density at radius 3 is 3.00 bits per heavy atom. The van der Waals surface area contributed by atoms with E-state index in [4.69, 9.17) is 10.5 Å². The maximum Gasteiger partial charge on any atom is 0.328 e. The summed E-state index contributed by atoms with van der Waals surface area (Å²) >= 11 is 0. The van der Waals surface area contributed by atoms with Crippen LogP contribution in [0.3, 0.4) is 0 Å². The monoisotopic (exact) mass is 287 g/mol. The van der Waals surface area contributed by atoms with Crippen molar-refractivity contribution in [3.63, 3.8) is 0 Å². The molecule has 1 saturated heterocycles. The van der Waals surface area contributed by atoms with Crippen molar-refractivity contribution in [2.75, 3.05) is 19.4 Å². The first-order valence-electron chi connectivity index (χ1n) is 6.87. The number of hydrogen-bond acceptors (Lipinski definition) is 4. The lowest BCUT2D eigenvalue weighted by Gasteiger charge is -2.22. The van der Waals surface area contributed by atoms with E-state index in [0.717, 1.165) is 17.3 Å². The van der Waals surface area contributed by atoms with Crippen LogP contribution < -0.4 is 5.73 Å². The second kappa shape index (κ2) is 5.12. The average molecular weight is 287 g/mol. The van der Waals surface area contributed by atoms with E-state index in [9.17, 15) is 9.59 Å². The number of H-pyrrole nitrogens is 1. The van der Waals surface area contributed by atoms with E-state index >= 15 is 0 Å². The number of amides is 1. The van der Waals surface area contributed by atoms with Crippen LogP contribution in [-0.2, 0) is 9.53 Å². The molecule has 1 amide bonds. The summed E-state index contributed by atoms with van der Waals surface area (Å²) in [5.74, 6) is -0.528. The van der Waals surface area contributed by atoms with Gasteiger partial charge < -0.3 is 20.4 Å². The number of benzene rings is 1. The number of nitrogens with zero attached hydrogens (tertiary/aromatic N) is 1. The number of methoxy groups -OCH3 is 1. The highest BCUT2D eigenvalue weighted by Crippen LogP contribution is 2.26. The highest BCUT2D eigenvalue weighted by molar-refractivity contribution is 6.08. The summed E-state index contributed by atoms with van der Waals surface area (Å²) in [4.78, 5) is 29.1. The van der Waals surface area contributed by atoms with Crippen LogP contribution in [0, 0.1) is 0 Å². The molecule has 0 bridgehead atoms. The Morgan fingerprint density at radius 1 is 1.43 bits per heavy atom. The number of aromatic amines is 1. The second-order valence-electron chi connectivity index (χ2n) is 5.19. The zero-order chi connectivity index (χ0) is 15.0. The van der Waals surface area contributed by atoms with Crippen LogP contribution in [0.25, 0.3) is 10.9 Å². The van der Waals surface area contributed by atoms with Gasteiger partial charge >= 0.3 is 5.97 Å². The molecule has 1 aromatic heterocycles. The number of carbonyl (C=O) groups is 2. The molecule has 1 aliphatic heterocycles. The topological polar surface area (TPSA) is 88.4 Å². The minimum absolute atomic E-state index is 0.167. The standard InChI is InChI=1S/C15H17N3O3/c1-21-15(20)13-3-2-6-18(13)14(19)11-8-17-12-5-4-9(16)7-10(11)12/h4-5,7-8,13,17H,2-3,6,16H2,1H3. The number of aromatic nitrogens is 1. The van der Waals surface area contributed by atoms with Gasteiger partial charge in [0.25, 0.3) is 5.91 Å². The Morgan fingerprint density at radius 2 is 2.24 bits per heavy atom. The molecule has 3 rings (SSSR count). The van der Waals surface area contributed by atoms with E-state index in [1.165, 1.54) is 7.11 Å². The quantitative estimate of drug-likeness (QED) is 0.647. The average Bonchev–Trinajstić information content (AvgIpc) is 3.12. The van der Waals surface area contributed by atoms with Crippen molar-refractivity contribution in [1.82, 2.24) is 9.88 Å². The van der Waals surface area contributed by atoms with Gasteiger partial charge in [0.05, 0.1) is 12.7 Å². The second-order valence-corrected chi connectivity index (χ2v) is 5.19. The number of fused-ring (bicyclic) bond motifs is 1. The van der Waals surface area contributed by atoms with Crippen LogP contribution in [-0.4, -0.2) is 41.5 Å². The number of nitrogen functional groups attached to an aromatic ring is 1. The Bertz CT molecular complexity index is 707. The van der Waals surface area contributed by atoms with E-state index in [1.807, 2.05) is 6.07 Å². The lowest BCUT2D eigenvalue weighted by molar-refractivity contribution is -0.145. The molecular formula is C15H17N3O3. The molecule has 0 spiro atoms. The molecule has 110 valence electrons. The third kappa shape index (κ3) is 2.22. The fourth-order valence-corrected chi connectivity index (χ4v) is 2.86. The molecule has 1 fully saturated rings. The van der Waals surface area contributed by atoms with Crippen molar-refractivity contribution in [3.8, 4) is 0 Å². The number of anilines is 1. The number of ether oxygens (including phenoxy) is 1. The Labute approximate surface area is 121 Å². The van der Waals surface area contributed by atoms with E-state index in [1.54, 1.807) is 23.2 Å². The predicted octanol–water partition coefficient (Wildman–Crippen LogP) is 1.53. The molecule has 1 aromatic carbocycles. The molecule has 1 aliphatic rings. The van der Waals surface area contributed by atoms with Crippen LogP contribution >= 0.6 is 0 Å². The van der Waals surface area contributed by atoms with Crippen molar-refractivity contribution in [2.24, 2.45) is 0 Å². The van der Waals surface area contributed by atoms with Gasteiger partial charge in [-0.3, -0.25) is 4.79 Å². The third-order valence-corrected chi connectivity index (χ3v) is 3.92. The predicted molar refractivity (Wildman–Crippen MR) is 78.8 cm³/mol. The van der Waals surface area contributed by atoms with E-state index in [2.05, 4.69) is 4.98 Å². The van der Waals surface area contributed by atoms with Gasteiger partial charge in [-0.05, 0) is 31.0 Å². The number of esters is 1. The summed E-state index contributed by atoms with van der Waals surface area (Å²) in [5, 5.41) is 0.774. The minimum Gasteiger partial charge on any atom is -0.467 e. The van der Waals surface area contributed by atoms with Crippen LogP contribution in [0.15, 0.2) is 24.4 Å². The zero-order valence-corrected chi connectivity index (χ0v) is 11.8. The number of hydrogen-bond donors (Lipinski definition) is 2. The highest BCUT2D eigenvalue weighted by atomic mass is 16.5. The zero-order valence-electron chi connectivity index (χ0n) is 11.8. The number of nitrogens with two attached hydrogens (primary N) is 1. The number of nitrogens with one attached hydrogen (secondary N) is 1. The van der Waals surface area contributed by atoms with Gasteiger partial charge in [0.15, 0.2) is 0 Å². The van der Waals surface area contributed by atoms with Crippen LogP contribution in [0.2, 0.25) is 0 Å². The SMILES string of the molecule is COC(=O)C1CCCN1C(=O)c1c[nH]c2ccc(N)cc12. The number of likely N-dealkylation sites (tertiary alicyclic amines) is 1. The van der Waals surface area contributed by atoms with Crippen molar-refractivity contribution in [3.05, 3.63) is 30.0 Å². The van der Waals surface area contributed by atoms with Crippen molar-refractivity contribution in [2.45, 2.75) is 18.9 Å². The first kappa shape index (κ1) is 13.5. The first-order valence-corrected chi connectivity index (χ1v) is 6.87. The van der Waals surface area contributed by atoms with Gasteiger partial charge in [0, 0.05) is 29.3 Å². The molecule has 6 nitrogen and oxygen atoms in total. The fourth-order valence-electron chi connectivity index (χ4n) is 2.86. The summed E-state index contributed by atoms with van der Waals surface area (Å²) in [6.45, 7) is 0.563. The Kier molecular flexibility index (Phi) is 3.29. The van der Waals surface area contributed by atoms with Crippen molar-refractivity contribution >= 4 is 28.5 Å². The summed E-state index contributed by atoms with van der Waals surface area (Å²) in [7, 11) is 1.34. The molecule has 0 saturated carbocycles. The van der Waals surface area contributed by atoms with Gasteiger partial charge in [-0.1, -0.05) is 0 Å². The molecule has 0 aliphatic carbocycles. The molecular weight excluding hydrogens is 270 g/mol. The molecule has 2 heterocycles. The molecule has 0 radical (unpaired) electrons. The molecule has 1 unspecified atom stereocenters. The van der Waals surface area contributed by atoms with Crippen LogP contribution in [0.1, 0.15) is 23.2 Å². The first-order chi connectivity index (χ1) is 10.1. The van der Waals surface area contributed by atoms with Gasteiger partial charge in [0.2, 0.25) is 0 Å². The van der Waals surface area contributed by atoms with Gasteiger partial charge in [-0.2, -0.15) is 0 Å². The summed E-state index contributed by atoms with van der Waals surface area (Å²) in [6.07, 6.45) is 3.11. The maximum absolute atomic E-state index is 12.7. The normalized spacial score (nSPS) is 18.1. The third-order valence-electron chi connectivity index (χ3n) is 3.92. The van der Waals surface area contributed by atoms with Crippen molar-refractivity contribution < 1.29 is 14.3 Å². The van der Waals surface area contributed by atoms with Gasteiger partial charge in [0.1, 0.15) is 6.04 Å². The molecule has 1 atom stereocenters. The Balaban J connectivity index is 1.96. The highest BCUT2D eigenvalue weighted by Gasteiger charge is 2.35. The minimum atomic E-state index is -0.492. The molecule has 21 heavy (non-hydrogen) atoms. The molecule has 3 N–H and O–H groups in total. The van der Waals surface area contributed by atoms with E-state index in [0.29, 0.717) is 24.2 Å². The lowest BCUT2D eigenvalue weighted by Crippen LogP contribution is -2.41. The molecule has 6 heteroatoms. The summed E-state index contributed by atoms with van der Waals surface area (Å²) < 4.78 is 4.78. The number of carbonyl (C=O) groups excluding carboxylic acids is 2. The van der Waals surface area contributed by atoms with Crippen LogP contribution in [0.5, 0.6) is 0 Å². The van der Waals surface area contributed by atoms with Crippen LogP contribution in [0.4, 0.5) is 5.69 Å². The fraction of sp³-hybridized carbons (Fsp3) is 0.333. The van der Waals surface area contributed by atoms with E-state index in [-0.39, 0.29) is 11.9 Å². The smallest absolute Gasteiger partial charge is 0.328 e. The largest absolute Gasteiger partial charge is 0.467 e. The maximum atomic E-state index is 12.7. The summed E-state index contributed by atoms with van der Waals surface area (Å²) in [6, 6.07) is 4.89. The molecule has 2 aromatic rings. The lowest BCUT2D eigenvalue weighted by atomic mass is 10.1.